The number of halogens is 1. The van der Waals surface area contributed by atoms with E-state index in [1.54, 1.807) is 0 Å². The molecule has 0 amide bonds. The molecular weight excluding hydrogens is 240 g/mol. The minimum atomic E-state index is 0.526. The first-order chi connectivity index (χ1) is 6.63. The first-order valence-electron chi connectivity index (χ1n) is 5.01. The highest BCUT2D eigenvalue weighted by atomic mass is 79.9. The summed E-state index contributed by atoms with van der Waals surface area (Å²) in [5.41, 5.74) is 1.09. The van der Waals surface area contributed by atoms with Crippen LogP contribution < -0.4 is 5.32 Å². The average Bonchev–Trinajstić information content (AvgIpc) is 2.16. The quantitative estimate of drug-likeness (QED) is 0.832. The van der Waals surface area contributed by atoms with Crippen molar-refractivity contribution < 1.29 is 0 Å². The average molecular weight is 257 g/mol. The summed E-state index contributed by atoms with van der Waals surface area (Å²) in [6.07, 6.45) is 2.99. The molecule has 78 valence electrons. The zero-order valence-corrected chi connectivity index (χ0v) is 10.5. The van der Waals surface area contributed by atoms with Crippen LogP contribution in [0.1, 0.15) is 27.2 Å². The van der Waals surface area contributed by atoms with E-state index < -0.39 is 0 Å². The summed E-state index contributed by atoms with van der Waals surface area (Å²) in [6.45, 7) is 6.66. The molecule has 1 N–H and O–H groups in total. The predicted molar refractivity (Wildman–Crippen MR) is 64.5 cm³/mol. The van der Waals surface area contributed by atoms with Crippen molar-refractivity contribution in [1.82, 2.24) is 4.98 Å². The van der Waals surface area contributed by atoms with Crippen LogP contribution in [0.15, 0.2) is 22.9 Å². The molecule has 0 radical (unpaired) electrons. The Labute approximate surface area is 94.3 Å². The number of hydrogen-bond donors (Lipinski definition) is 1. The van der Waals surface area contributed by atoms with Crippen LogP contribution in [-0.2, 0) is 0 Å². The second kappa shape index (κ2) is 5.35. The standard InChI is InChI=1S/C11H17BrN2/c1-4-10(8(2)3)14-9-5-6-11(12)13-7-9/h5-8,10,14H,4H2,1-3H3. The minimum absolute atomic E-state index is 0.526. The third-order valence-corrected chi connectivity index (χ3v) is 2.79. The van der Waals surface area contributed by atoms with Gasteiger partial charge >= 0.3 is 0 Å². The van der Waals surface area contributed by atoms with Crippen LogP contribution in [-0.4, -0.2) is 11.0 Å². The van der Waals surface area contributed by atoms with Gasteiger partial charge in [0.15, 0.2) is 0 Å². The molecule has 0 aliphatic carbocycles. The summed E-state index contributed by atoms with van der Waals surface area (Å²) in [5.74, 6) is 0.642. The normalized spacial score (nSPS) is 12.9. The van der Waals surface area contributed by atoms with Crippen molar-refractivity contribution in [2.24, 2.45) is 5.92 Å². The van der Waals surface area contributed by atoms with Crippen LogP contribution in [0.5, 0.6) is 0 Å². The molecule has 14 heavy (non-hydrogen) atoms. The van der Waals surface area contributed by atoms with E-state index in [9.17, 15) is 0 Å². The van der Waals surface area contributed by atoms with Crippen LogP contribution in [0.2, 0.25) is 0 Å². The SMILES string of the molecule is CCC(Nc1ccc(Br)nc1)C(C)C. The van der Waals surface area contributed by atoms with Crippen molar-refractivity contribution in [3.63, 3.8) is 0 Å². The van der Waals surface area contributed by atoms with Crippen LogP contribution in [0, 0.1) is 5.92 Å². The molecular formula is C11H17BrN2. The van der Waals surface area contributed by atoms with Crippen LogP contribution in [0.4, 0.5) is 5.69 Å². The van der Waals surface area contributed by atoms with Crippen molar-refractivity contribution in [1.29, 1.82) is 0 Å². The molecule has 0 saturated carbocycles. The van der Waals surface area contributed by atoms with Crippen molar-refractivity contribution in [2.75, 3.05) is 5.32 Å². The molecule has 1 heterocycles. The van der Waals surface area contributed by atoms with Crippen LogP contribution in [0.25, 0.3) is 0 Å². The third-order valence-electron chi connectivity index (χ3n) is 2.32. The molecule has 2 nitrogen and oxygen atoms in total. The monoisotopic (exact) mass is 256 g/mol. The summed E-state index contributed by atoms with van der Waals surface area (Å²) in [4.78, 5) is 4.18. The van der Waals surface area contributed by atoms with Gasteiger partial charge in [-0.05, 0) is 40.4 Å². The maximum absolute atomic E-state index is 4.18. The number of rotatable bonds is 4. The molecule has 1 aromatic rings. The number of hydrogen-bond acceptors (Lipinski definition) is 2. The fourth-order valence-corrected chi connectivity index (χ4v) is 1.65. The lowest BCUT2D eigenvalue weighted by molar-refractivity contribution is 0.511. The summed E-state index contributed by atoms with van der Waals surface area (Å²) < 4.78 is 0.876. The molecule has 0 aliphatic rings. The first-order valence-corrected chi connectivity index (χ1v) is 5.81. The second-order valence-corrected chi connectivity index (χ2v) is 4.59. The molecule has 1 rings (SSSR count). The van der Waals surface area contributed by atoms with E-state index in [2.05, 4.69) is 47.0 Å². The lowest BCUT2D eigenvalue weighted by Gasteiger charge is -2.21. The molecule has 0 aliphatic heterocycles. The molecule has 1 unspecified atom stereocenters. The van der Waals surface area contributed by atoms with Crippen molar-refractivity contribution >= 4 is 21.6 Å². The van der Waals surface area contributed by atoms with Gasteiger partial charge in [-0.25, -0.2) is 4.98 Å². The largest absolute Gasteiger partial charge is 0.381 e. The number of nitrogens with one attached hydrogen (secondary N) is 1. The molecule has 0 spiro atoms. The van der Waals surface area contributed by atoms with Gasteiger partial charge in [0, 0.05) is 6.04 Å². The second-order valence-electron chi connectivity index (χ2n) is 3.77. The number of nitrogens with zero attached hydrogens (tertiary/aromatic N) is 1. The van der Waals surface area contributed by atoms with Crippen molar-refractivity contribution in [3.05, 3.63) is 22.9 Å². The van der Waals surface area contributed by atoms with Gasteiger partial charge in [0.1, 0.15) is 4.60 Å². The Morgan fingerprint density at radius 2 is 2.14 bits per heavy atom. The molecule has 0 saturated heterocycles. The Hall–Kier alpha value is -0.570. The van der Waals surface area contributed by atoms with E-state index in [0.717, 1.165) is 16.7 Å². The number of aromatic nitrogens is 1. The van der Waals surface area contributed by atoms with Crippen molar-refractivity contribution in [2.45, 2.75) is 33.2 Å². The summed E-state index contributed by atoms with van der Waals surface area (Å²) in [7, 11) is 0. The van der Waals surface area contributed by atoms with Crippen molar-refractivity contribution in [3.8, 4) is 0 Å². The molecule has 3 heteroatoms. The van der Waals surface area contributed by atoms with Crippen LogP contribution >= 0.6 is 15.9 Å². The Morgan fingerprint density at radius 1 is 1.43 bits per heavy atom. The van der Waals surface area contributed by atoms with Gasteiger partial charge in [-0.2, -0.15) is 0 Å². The molecule has 0 bridgehead atoms. The Balaban J connectivity index is 2.63. The first kappa shape index (κ1) is 11.5. The Bertz CT molecular complexity index is 269. The van der Waals surface area contributed by atoms with E-state index in [-0.39, 0.29) is 0 Å². The van der Waals surface area contributed by atoms with E-state index >= 15 is 0 Å². The highest BCUT2D eigenvalue weighted by Gasteiger charge is 2.10. The number of anilines is 1. The van der Waals surface area contributed by atoms with Gasteiger partial charge in [-0.3, -0.25) is 0 Å². The molecule has 1 aromatic heterocycles. The molecule has 0 fully saturated rings. The zero-order chi connectivity index (χ0) is 10.6. The maximum Gasteiger partial charge on any atom is 0.106 e. The Morgan fingerprint density at radius 3 is 2.57 bits per heavy atom. The Kier molecular flexibility index (Phi) is 4.39. The van der Waals surface area contributed by atoms with Gasteiger partial charge in [0.2, 0.25) is 0 Å². The van der Waals surface area contributed by atoms with Crippen LogP contribution in [0.3, 0.4) is 0 Å². The van der Waals surface area contributed by atoms with E-state index in [0.29, 0.717) is 12.0 Å². The summed E-state index contributed by atoms with van der Waals surface area (Å²) >= 11 is 3.32. The predicted octanol–water partition coefficient (Wildman–Crippen LogP) is 3.69. The van der Waals surface area contributed by atoms with Gasteiger partial charge in [-0.1, -0.05) is 20.8 Å². The molecule has 1 atom stereocenters. The zero-order valence-electron chi connectivity index (χ0n) is 8.92. The fraction of sp³-hybridized carbons (Fsp3) is 0.545. The fourth-order valence-electron chi connectivity index (χ4n) is 1.42. The van der Waals surface area contributed by atoms with E-state index in [1.165, 1.54) is 0 Å². The van der Waals surface area contributed by atoms with Gasteiger partial charge in [-0.15, -0.1) is 0 Å². The minimum Gasteiger partial charge on any atom is -0.381 e. The summed E-state index contributed by atoms with van der Waals surface area (Å²) in [5, 5.41) is 3.47. The highest BCUT2D eigenvalue weighted by Crippen LogP contribution is 2.15. The van der Waals surface area contributed by atoms with E-state index in [1.807, 2.05) is 18.3 Å². The van der Waals surface area contributed by atoms with Gasteiger partial charge < -0.3 is 5.32 Å². The number of pyridine rings is 1. The topological polar surface area (TPSA) is 24.9 Å². The van der Waals surface area contributed by atoms with E-state index in [4.69, 9.17) is 0 Å². The highest BCUT2D eigenvalue weighted by molar-refractivity contribution is 9.10. The maximum atomic E-state index is 4.18. The summed E-state index contributed by atoms with van der Waals surface area (Å²) in [6, 6.07) is 4.52. The third kappa shape index (κ3) is 3.29. The molecule has 0 aromatic carbocycles. The van der Waals surface area contributed by atoms with Gasteiger partial charge in [0.25, 0.3) is 0 Å². The smallest absolute Gasteiger partial charge is 0.106 e. The lowest BCUT2D eigenvalue weighted by Crippen LogP contribution is -2.24. The lowest BCUT2D eigenvalue weighted by atomic mass is 10.0. The van der Waals surface area contributed by atoms with Gasteiger partial charge in [0.05, 0.1) is 11.9 Å².